The van der Waals surface area contributed by atoms with Crippen molar-refractivity contribution in [2.45, 2.75) is 0 Å². The van der Waals surface area contributed by atoms with Gasteiger partial charge in [0.2, 0.25) is 0 Å². The second-order valence-electron chi connectivity index (χ2n) is 4.11. The molecule has 0 radical (unpaired) electrons. The summed E-state index contributed by atoms with van der Waals surface area (Å²) in [7, 11) is 1.54. The number of carbonyl (C=O) groups is 1. The molecule has 1 heterocycles. The molecule has 0 saturated heterocycles. The van der Waals surface area contributed by atoms with Crippen LogP contribution >= 0.6 is 0 Å². The Balaban J connectivity index is 2.42. The maximum atomic E-state index is 13.4. The molecule has 6 heteroatoms. The van der Waals surface area contributed by atoms with Crippen LogP contribution in [-0.2, 0) is 0 Å². The van der Waals surface area contributed by atoms with Gasteiger partial charge in [-0.15, -0.1) is 0 Å². The maximum absolute atomic E-state index is 13.4. The minimum atomic E-state index is -1.03. The molecule has 2 aromatic rings. The van der Waals surface area contributed by atoms with Gasteiger partial charge in [0.1, 0.15) is 5.52 Å². The third kappa shape index (κ3) is 2.53. The fourth-order valence-corrected chi connectivity index (χ4v) is 1.73. The second-order valence-corrected chi connectivity index (χ2v) is 4.11. The Kier molecular flexibility index (Phi) is 3.71. The lowest BCUT2D eigenvalue weighted by Crippen LogP contribution is -2.29. The Hall–Kier alpha value is -2.08. The van der Waals surface area contributed by atoms with Crippen LogP contribution in [0, 0.1) is 11.6 Å². The number of rotatable bonds is 3. The Labute approximate surface area is 108 Å². The molecular formula is C13H12F2N2O2. The number of halogens is 2. The molecule has 19 heavy (non-hydrogen) atoms. The molecular weight excluding hydrogens is 254 g/mol. The maximum Gasteiger partial charge on any atom is 0.255 e. The number of likely N-dealkylation sites (N-methyl/N-ethyl adjacent to an activating group) is 1. The summed E-state index contributed by atoms with van der Waals surface area (Å²) in [4.78, 5) is 17.0. The number of carbonyl (C=O) groups excluding carboxylic acids is 1. The van der Waals surface area contributed by atoms with Crippen molar-refractivity contribution in [2.24, 2.45) is 0 Å². The van der Waals surface area contributed by atoms with E-state index in [1.807, 2.05) is 0 Å². The monoisotopic (exact) mass is 266 g/mol. The van der Waals surface area contributed by atoms with Crippen molar-refractivity contribution >= 4 is 16.8 Å². The van der Waals surface area contributed by atoms with Crippen LogP contribution in [0.1, 0.15) is 10.4 Å². The van der Waals surface area contributed by atoms with E-state index in [0.29, 0.717) is 5.39 Å². The van der Waals surface area contributed by atoms with Crippen LogP contribution in [0.25, 0.3) is 10.9 Å². The molecule has 100 valence electrons. The summed E-state index contributed by atoms with van der Waals surface area (Å²) < 4.78 is 26.5. The number of hydrogen-bond acceptors (Lipinski definition) is 3. The van der Waals surface area contributed by atoms with Gasteiger partial charge in [0.25, 0.3) is 5.91 Å². The van der Waals surface area contributed by atoms with Gasteiger partial charge in [-0.1, -0.05) is 0 Å². The zero-order valence-corrected chi connectivity index (χ0v) is 10.2. The number of aromatic nitrogens is 1. The highest BCUT2D eigenvalue weighted by atomic mass is 19.2. The molecule has 4 nitrogen and oxygen atoms in total. The summed E-state index contributed by atoms with van der Waals surface area (Å²) in [6, 6.07) is 3.80. The molecule has 0 fully saturated rings. The first-order valence-corrected chi connectivity index (χ1v) is 5.64. The molecule has 0 unspecified atom stereocenters. The topological polar surface area (TPSA) is 53.4 Å². The molecule has 1 amide bonds. The van der Waals surface area contributed by atoms with Gasteiger partial charge in [0, 0.05) is 25.2 Å². The van der Waals surface area contributed by atoms with Crippen LogP contribution in [0.5, 0.6) is 0 Å². The predicted octanol–water partition coefficient (Wildman–Crippen LogP) is 1.58. The van der Waals surface area contributed by atoms with Crippen molar-refractivity contribution in [3.63, 3.8) is 0 Å². The number of pyridine rings is 1. The number of fused-ring (bicyclic) bond motifs is 1. The van der Waals surface area contributed by atoms with Crippen LogP contribution in [-0.4, -0.2) is 41.1 Å². The minimum Gasteiger partial charge on any atom is -0.395 e. The Morgan fingerprint density at radius 1 is 1.42 bits per heavy atom. The summed E-state index contributed by atoms with van der Waals surface area (Å²) in [6.07, 6.45) is 1.20. The van der Waals surface area contributed by atoms with E-state index in [9.17, 15) is 13.6 Å². The van der Waals surface area contributed by atoms with Gasteiger partial charge in [0.15, 0.2) is 11.6 Å². The predicted molar refractivity (Wildman–Crippen MR) is 65.7 cm³/mol. The van der Waals surface area contributed by atoms with E-state index in [4.69, 9.17) is 5.11 Å². The highest BCUT2D eigenvalue weighted by Gasteiger charge is 2.14. The first-order valence-electron chi connectivity index (χ1n) is 5.64. The standard InChI is InChI=1S/C13H12F2N2O2/c1-17(4-5-18)13(19)9-6-8-2-3-10(14)11(15)12(8)16-7-9/h2-3,6-7,18H,4-5H2,1H3. The molecule has 1 N–H and O–H groups in total. The van der Waals surface area contributed by atoms with Crippen molar-refractivity contribution < 1.29 is 18.7 Å². The number of nitrogens with zero attached hydrogens (tertiary/aromatic N) is 2. The van der Waals surface area contributed by atoms with E-state index < -0.39 is 11.6 Å². The summed E-state index contributed by atoms with van der Waals surface area (Å²) >= 11 is 0. The molecule has 1 aromatic heterocycles. The van der Waals surface area contributed by atoms with Gasteiger partial charge >= 0.3 is 0 Å². The van der Waals surface area contributed by atoms with Crippen LogP contribution in [0.3, 0.4) is 0 Å². The molecule has 2 rings (SSSR count). The zero-order chi connectivity index (χ0) is 14.0. The Morgan fingerprint density at radius 2 is 2.16 bits per heavy atom. The van der Waals surface area contributed by atoms with Gasteiger partial charge in [0.05, 0.1) is 12.2 Å². The van der Waals surface area contributed by atoms with Crippen molar-refractivity contribution in [2.75, 3.05) is 20.2 Å². The molecule has 0 aliphatic rings. The van der Waals surface area contributed by atoms with Crippen molar-refractivity contribution in [1.82, 2.24) is 9.88 Å². The first-order chi connectivity index (χ1) is 9.04. The number of aliphatic hydroxyl groups excluding tert-OH is 1. The van der Waals surface area contributed by atoms with Crippen molar-refractivity contribution in [3.8, 4) is 0 Å². The van der Waals surface area contributed by atoms with Crippen LogP contribution < -0.4 is 0 Å². The van der Waals surface area contributed by atoms with E-state index >= 15 is 0 Å². The zero-order valence-electron chi connectivity index (χ0n) is 10.2. The SMILES string of the molecule is CN(CCO)C(=O)c1cnc2c(F)c(F)ccc2c1. The summed E-state index contributed by atoms with van der Waals surface area (Å²) in [5.41, 5.74) is 0.149. The van der Waals surface area contributed by atoms with E-state index in [2.05, 4.69) is 4.98 Å². The lowest BCUT2D eigenvalue weighted by Gasteiger charge is -2.15. The lowest BCUT2D eigenvalue weighted by atomic mass is 10.1. The third-order valence-corrected chi connectivity index (χ3v) is 2.77. The molecule has 0 bridgehead atoms. The molecule has 1 aromatic carbocycles. The molecule has 0 spiro atoms. The summed E-state index contributed by atoms with van der Waals surface area (Å²) in [6.45, 7) is 0.0394. The van der Waals surface area contributed by atoms with E-state index in [-0.39, 0.29) is 30.1 Å². The fourth-order valence-electron chi connectivity index (χ4n) is 1.73. The van der Waals surface area contributed by atoms with Crippen LogP contribution in [0.4, 0.5) is 8.78 Å². The quantitative estimate of drug-likeness (QED) is 0.917. The van der Waals surface area contributed by atoms with Gasteiger partial charge in [-0.05, 0) is 18.2 Å². The van der Waals surface area contributed by atoms with E-state index in [1.165, 1.54) is 30.3 Å². The van der Waals surface area contributed by atoms with E-state index in [1.54, 1.807) is 0 Å². The minimum absolute atomic E-state index is 0.110. The van der Waals surface area contributed by atoms with Gasteiger partial charge in [-0.2, -0.15) is 0 Å². The van der Waals surface area contributed by atoms with E-state index in [0.717, 1.165) is 6.07 Å². The highest BCUT2D eigenvalue weighted by Crippen LogP contribution is 2.19. The fraction of sp³-hybridized carbons (Fsp3) is 0.231. The van der Waals surface area contributed by atoms with Crippen LogP contribution in [0.15, 0.2) is 24.4 Å². The Bertz CT molecular complexity index is 631. The normalized spacial score (nSPS) is 10.7. The highest BCUT2D eigenvalue weighted by molar-refractivity contribution is 5.97. The van der Waals surface area contributed by atoms with Gasteiger partial charge in [-0.25, -0.2) is 8.78 Å². The number of aliphatic hydroxyl groups is 1. The second kappa shape index (κ2) is 5.27. The number of benzene rings is 1. The van der Waals surface area contributed by atoms with Crippen molar-refractivity contribution in [1.29, 1.82) is 0 Å². The summed E-state index contributed by atoms with van der Waals surface area (Å²) in [5.74, 6) is -2.34. The molecule has 0 saturated carbocycles. The third-order valence-electron chi connectivity index (χ3n) is 2.77. The lowest BCUT2D eigenvalue weighted by molar-refractivity contribution is 0.0766. The average Bonchev–Trinajstić information content (AvgIpc) is 2.42. The average molecular weight is 266 g/mol. The number of amides is 1. The van der Waals surface area contributed by atoms with Gasteiger partial charge in [-0.3, -0.25) is 9.78 Å². The molecule has 0 aliphatic heterocycles. The van der Waals surface area contributed by atoms with Crippen molar-refractivity contribution in [3.05, 3.63) is 41.6 Å². The first kappa shape index (κ1) is 13.4. The smallest absolute Gasteiger partial charge is 0.255 e. The van der Waals surface area contributed by atoms with Crippen LogP contribution in [0.2, 0.25) is 0 Å². The van der Waals surface area contributed by atoms with Gasteiger partial charge < -0.3 is 10.0 Å². The molecule has 0 aliphatic carbocycles. The summed E-state index contributed by atoms with van der Waals surface area (Å²) in [5, 5.41) is 9.12. The largest absolute Gasteiger partial charge is 0.395 e. The Morgan fingerprint density at radius 3 is 2.84 bits per heavy atom. The molecule has 0 atom stereocenters. The number of hydrogen-bond donors (Lipinski definition) is 1.